The number of carbonyl (C=O) groups excluding carboxylic acids is 1. The third kappa shape index (κ3) is 4.14. The van der Waals surface area contributed by atoms with Gasteiger partial charge >= 0.3 is 0 Å². The lowest BCUT2D eigenvalue weighted by molar-refractivity contribution is -0.127. The van der Waals surface area contributed by atoms with Crippen LogP contribution in [0.2, 0.25) is 0 Å². The Hall–Kier alpha value is -2.94. The van der Waals surface area contributed by atoms with Gasteiger partial charge in [0, 0.05) is 51.8 Å². The summed E-state index contributed by atoms with van der Waals surface area (Å²) in [5, 5.41) is 0. The minimum Gasteiger partial charge on any atom is -0.477 e. The zero-order chi connectivity index (χ0) is 21.2. The standard InChI is InChI=1S/C22H28N6O3/c1-16(29)27-7-4-17(14-27)15-31-21-19-5-8-28(18-3-2-6-23-13-18)20(19)24-22(25-21)26-9-11-30-12-10-26/h2-3,6,13,17H,4-5,7-12,14-15H2,1H3. The highest BCUT2D eigenvalue weighted by molar-refractivity contribution is 5.73. The Labute approximate surface area is 182 Å². The van der Waals surface area contributed by atoms with Crippen LogP contribution in [0.15, 0.2) is 24.5 Å². The van der Waals surface area contributed by atoms with E-state index in [1.807, 2.05) is 23.2 Å². The highest BCUT2D eigenvalue weighted by atomic mass is 16.5. The number of fused-ring (bicyclic) bond motifs is 1. The Kier molecular flexibility index (Phi) is 5.59. The normalized spacial score (nSPS) is 20.8. The molecular weight excluding hydrogens is 396 g/mol. The first-order valence-corrected chi connectivity index (χ1v) is 11.0. The first kappa shape index (κ1) is 20.0. The number of amides is 1. The molecule has 5 rings (SSSR count). The van der Waals surface area contributed by atoms with Gasteiger partial charge in [-0.05, 0) is 25.0 Å². The molecule has 1 unspecified atom stereocenters. The molecule has 164 valence electrons. The van der Waals surface area contributed by atoms with E-state index in [1.165, 1.54) is 0 Å². The number of ether oxygens (including phenoxy) is 2. The number of hydrogen-bond acceptors (Lipinski definition) is 8. The molecule has 0 bridgehead atoms. The van der Waals surface area contributed by atoms with Crippen LogP contribution in [0.5, 0.6) is 5.88 Å². The zero-order valence-electron chi connectivity index (χ0n) is 17.9. The number of likely N-dealkylation sites (tertiary alicyclic amines) is 1. The van der Waals surface area contributed by atoms with Crippen LogP contribution in [0.25, 0.3) is 0 Å². The van der Waals surface area contributed by atoms with E-state index in [0.29, 0.717) is 37.6 Å². The molecule has 5 heterocycles. The molecule has 0 radical (unpaired) electrons. The first-order valence-electron chi connectivity index (χ1n) is 11.0. The summed E-state index contributed by atoms with van der Waals surface area (Å²) in [6, 6.07) is 3.99. The Bertz CT molecular complexity index is 934. The molecule has 1 atom stereocenters. The lowest BCUT2D eigenvalue weighted by atomic mass is 10.1. The Morgan fingerprint density at radius 3 is 2.84 bits per heavy atom. The summed E-state index contributed by atoms with van der Waals surface area (Å²) in [5.74, 6) is 2.71. The fourth-order valence-corrected chi connectivity index (χ4v) is 4.45. The molecule has 0 saturated carbocycles. The van der Waals surface area contributed by atoms with Gasteiger partial charge in [-0.25, -0.2) is 0 Å². The Morgan fingerprint density at radius 2 is 2.10 bits per heavy atom. The van der Waals surface area contributed by atoms with E-state index in [9.17, 15) is 4.79 Å². The Balaban J connectivity index is 1.41. The third-order valence-electron chi connectivity index (χ3n) is 6.22. The van der Waals surface area contributed by atoms with Crippen LogP contribution in [0, 0.1) is 5.92 Å². The van der Waals surface area contributed by atoms with Gasteiger partial charge in [0.05, 0.1) is 37.3 Å². The Morgan fingerprint density at radius 1 is 1.23 bits per heavy atom. The van der Waals surface area contributed by atoms with Crippen molar-refractivity contribution < 1.29 is 14.3 Å². The van der Waals surface area contributed by atoms with Crippen LogP contribution in [0.4, 0.5) is 17.5 Å². The summed E-state index contributed by atoms with van der Waals surface area (Å²) >= 11 is 0. The molecule has 2 saturated heterocycles. The number of anilines is 3. The van der Waals surface area contributed by atoms with Gasteiger partial charge in [-0.15, -0.1) is 0 Å². The molecule has 0 aliphatic carbocycles. The summed E-state index contributed by atoms with van der Waals surface area (Å²) in [5.41, 5.74) is 2.06. The summed E-state index contributed by atoms with van der Waals surface area (Å²) < 4.78 is 11.8. The van der Waals surface area contributed by atoms with Crippen molar-refractivity contribution in [2.45, 2.75) is 19.8 Å². The molecule has 1 amide bonds. The van der Waals surface area contributed by atoms with Gasteiger partial charge in [0.1, 0.15) is 5.82 Å². The van der Waals surface area contributed by atoms with Crippen molar-refractivity contribution in [3.63, 3.8) is 0 Å². The number of morpholine rings is 1. The van der Waals surface area contributed by atoms with Crippen LogP contribution in [-0.4, -0.2) is 78.3 Å². The van der Waals surface area contributed by atoms with Gasteiger partial charge in [-0.1, -0.05) is 0 Å². The van der Waals surface area contributed by atoms with E-state index in [1.54, 1.807) is 13.1 Å². The molecular formula is C22H28N6O3. The van der Waals surface area contributed by atoms with Crippen LogP contribution >= 0.6 is 0 Å². The van der Waals surface area contributed by atoms with E-state index in [0.717, 1.165) is 62.6 Å². The molecule has 2 aromatic rings. The maximum absolute atomic E-state index is 11.6. The van der Waals surface area contributed by atoms with Gasteiger partial charge in [0.15, 0.2) is 0 Å². The second kappa shape index (κ2) is 8.66. The molecule has 0 aromatic carbocycles. The number of pyridine rings is 1. The fourth-order valence-electron chi connectivity index (χ4n) is 4.45. The maximum Gasteiger partial charge on any atom is 0.230 e. The van der Waals surface area contributed by atoms with Crippen LogP contribution < -0.4 is 14.5 Å². The highest BCUT2D eigenvalue weighted by Crippen LogP contribution is 2.38. The van der Waals surface area contributed by atoms with Crippen molar-refractivity contribution in [2.75, 3.05) is 62.3 Å². The number of hydrogen-bond donors (Lipinski definition) is 0. The summed E-state index contributed by atoms with van der Waals surface area (Å²) in [4.78, 5) is 31.9. The topological polar surface area (TPSA) is 83.9 Å². The van der Waals surface area contributed by atoms with Gasteiger partial charge in [0.25, 0.3) is 0 Å². The van der Waals surface area contributed by atoms with Crippen molar-refractivity contribution >= 4 is 23.4 Å². The van der Waals surface area contributed by atoms with Gasteiger partial charge in [-0.3, -0.25) is 9.78 Å². The second-order valence-corrected chi connectivity index (χ2v) is 8.27. The molecule has 0 spiro atoms. The molecule has 3 aliphatic rings. The first-order chi connectivity index (χ1) is 15.2. The van der Waals surface area contributed by atoms with Crippen molar-refractivity contribution in [3.8, 4) is 5.88 Å². The predicted octanol–water partition coefficient (Wildman–Crippen LogP) is 1.65. The molecule has 9 heteroatoms. The van der Waals surface area contributed by atoms with E-state index in [-0.39, 0.29) is 5.91 Å². The third-order valence-corrected chi connectivity index (χ3v) is 6.22. The molecule has 2 aromatic heterocycles. The highest BCUT2D eigenvalue weighted by Gasteiger charge is 2.31. The van der Waals surface area contributed by atoms with Crippen molar-refractivity contribution in [1.29, 1.82) is 0 Å². The average molecular weight is 425 g/mol. The smallest absolute Gasteiger partial charge is 0.230 e. The molecule has 31 heavy (non-hydrogen) atoms. The minimum absolute atomic E-state index is 0.132. The molecule has 3 aliphatic heterocycles. The monoisotopic (exact) mass is 424 g/mol. The molecule has 9 nitrogen and oxygen atoms in total. The van der Waals surface area contributed by atoms with E-state index < -0.39 is 0 Å². The second-order valence-electron chi connectivity index (χ2n) is 8.27. The zero-order valence-corrected chi connectivity index (χ0v) is 17.9. The largest absolute Gasteiger partial charge is 0.477 e. The summed E-state index contributed by atoms with van der Waals surface area (Å²) in [7, 11) is 0. The lowest BCUT2D eigenvalue weighted by Crippen LogP contribution is -2.37. The van der Waals surface area contributed by atoms with Gasteiger partial charge in [0.2, 0.25) is 17.7 Å². The average Bonchev–Trinajstić information content (AvgIpc) is 3.46. The lowest BCUT2D eigenvalue weighted by Gasteiger charge is -2.28. The van der Waals surface area contributed by atoms with Gasteiger partial charge < -0.3 is 24.2 Å². The number of aromatic nitrogens is 3. The van der Waals surface area contributed by atoms with Crippen LogP contribution in [0.3, 0.4) is 0 Å². The number of rotatable bonds is 5. The van der Waals surface area contributed by atoms with E-state index >= 15 is 0 Å². The maximum atomic E-state index is 11.6. The van der Waals surface area contributed by atoms with Crippen molar-refractivity contribution in [2.24, 2.45) is 5.92 Å². The van der Waals surface area contributed by atoms with Crippen LogP contribution in [0.1, 0.15) is 18.9 Å². The van der Waals surface area contributed by atoms with E-state index in [4.69, 9.17) is 19.4 Å². The van der Waals surface area contributed by atoms with Crippen molar-refractivity contribution in [1.82, 2.24) is 19.9 Å². The summed E-state index contributed by atoms with van der Waals surface area (Å²) in [6.07, 6.45) is 5.43. The predicted molar refractivity (Wildman–Crippen MR) is 116 cm³/mol. The van der Waals surface area contributed by atoms with Crippen molar-refractivity contribution in [3.05, 3.63) is 30.1 Å². The number of nitrogens with zero attached hydrogens (tertiary/aromatic N) is 6. The van der Waals surface area contributed by atoms with Crippen LogP contribution in [-0.2, 0) is 16.0 Å². The minimum atomic E-state index is 0.132. The van der Waals surface area contributed by atoms with E-state index in [2.05, 4.69) is 14.8 Å². The molecule has 2 fully saturated rings. The van der Waals surface area contributed by atoms with Gasteiger partial charge in [-0.2, -0.15) is 9.97 Å². The summed E-state index contributed by atoms with van der Waals surface area (Å²) in [6.45, 7) is 7.44. The SMILES string of the molecule is CC(=O)N1CCC(COc2nc(N3CCOCC3)nc3c2CCN3c2cccnc2)C1. The number of carbonyl (C=O) groups is 1. The quantitative estimate of drug-likeness (QED) is 0.717. The molecule has 0 N–H and O–H groups in total. The fraction of sp³-hybridized carbons (Fsp3) is 0.545.